The number of halogens is 1. The van der Waals surface area contributed by atoms with Crippen LogP contribution in [0.4, 0.5) is 0 Å². The van der Waals surface area contributed by atoms with Gasteiger partial charge in [-0.3, -0.25) is 9.59 Å². The average molecular weight is 414 g/mol. The molecule has 0 saturated carbocycles. The van der Waals surface area contributed by atoms with Crippen molar-refractivity contribution in [3.63, 3.8) is 0 Å². The maximum atomic E-state index is 12.1. The van der Waals surface area contributed by atoms with Gasteiger partial charge in [0.1, 0.15) is 0 Å². The number of carbonyl (C=O) groups is 2. The number of allylic oxidation sites excluding steroid dienone is 1. The summed E-state index contributed by atoms with van der Waals surface area (Å²) >= 11 is 5.73. The maximum absolute atomic E-state index is 12.1. The van der Waals surface area contributed by atoms with E-state index < -0.39 is 22.4 Å². The van der Waals surface area contributed by atoms with Crippen molar-refractivity contribution in [2.75, 3.05) is 18.9 Å². The lowest BCUT2D eigenvalue weighted by Crippen LogP contribution is -2.30. The Labute approximate surface area is 164 Å². The van der Waals surface area contributed by atoms with E-state index in [4.69, 9.17) is 16.3 Å². The lowest BCUT2D eigenvalue weighted by atomic mass is 9.97. The second-order valence-electron chi connectivity index (χ2n) is 6.39. The summed E-state index contributed by atoms with van der Waals surface area (Å²) in [5.41, 5.74) is 1.35. The molecule has 1 amide bonds. The first-order valence-electron chi connectivity index (χ1n) is 8.95. The summed E-state index contributed by atoms with van der Waals surface area (Å²) in [4.78, 5) is 23.5. The lowest BCUT2D eigenvalue weighted by Gasteiger charge is -2.13. The van der Waals surface area contributed by atoms with E-state index in [1.807, 2.05) is 0 Å². The number of carbonyl (C=O) groups excluding carboxylic acids is 2. The summed E-state index contributed by atoms with van der Waals surface area (Å²) < 4.78 is 29.1. The van der Waals surface area contributed by atoms with Crippen LogP contribution in [0, 0.1) is 0 Å². The molecule has 148 valence electrons. The third kappa shape index (κ3) is 7.72. The predicted octanol–water partition coefficient (Wildman–Crippen LogP) is 3.05. The van der Waals surface area contributed by atoms with Crippen molar-refractivity contribution in [2.45, 2.75) is 43.4 Å². The molecule has 0 atom stereocenters. The van der Waals surface area contributed by atoms with E-state index in [1.165, 1.54) is 42.7 Å². The SMILES string of the molecule is O=C(COC(=O)CCS(=O)(=O)c1ccc(Cl)cc1)NCCC1=CCCCC1. The summed E-state index contributed by atoms with van der Waals surface area (Å²) in [7, 11) is -3.60. The van der Waals surface area contributed by atoms with Gasteiger partial charge in [-0.2, -0.15) is 0 Å². The third-order valence-electron chi connectivity index (χ3n) is 4.27. The number of esters is 1. The van der Waals surface area contributed by atoms with Gasteiger partial charge in [0.05, 0.1) is 17.1 Å². The van der Waals surface area contributed by atoms with Crippen LogP contribution >= 0.6 is 11.6 Å². The number of nitrogens with one attached hydrogen (secondary N) is 1. The normalized spacial score (nSPS) is 14.3. The largest absolute Gasteiger partial charge is 0.456 e. The van der Waals surface area contributed by atoms with Crippen LogP contribution in [0.2, 0.25) is 5.02 Å². The molecule has 1 N–H and O–H groups in total. The molecule has 0 heterocycles. The number of sulfone groups is 1. The van der Waals surface area contributed by atoms with Crippen LogP contribution in [-0.4, -0.2) is 39.2 Å². The monoisotopic (exact) mass is 413 g/mol. The summed E-state index contributed by atoms with van der Waals surface area (Å²) in [5.74, 6) is -1.50. The minimum atomic E-state index is -3.60. The molecule has 0 bridgehead atoms. The Kier molecular flexibility index (Phi) is 8.31. The lowest BCUT2D eigenvalue weighted by molar-refractivity contribution is -0.148. The van der Waals surface area contributed by atoms with E-state index in [9.17, 15) is 18.0 Å². The highest BCUT2D eigenvalue weighted by atomic mass is 35.5. The van der Waals surface area contributed by atoms with Gasteiger partial charge in [0, 0.05) is 11.6 Å². The molecule has 1 aromatic carbocycles. The van der Waals surface area contributed by atoms with Crippen molar-refractivity contribution in [2.24, 2.45) is 0 Å². The Morgan fingerprint density at radius 2 is 1.89 bits per heavy atom. The second-order valence-corrected chi connectivity index (χ2v) is 8.94. The molecule has 0 saturated heterocycles. The third-order valence-corrected chi connectivity index (χ3v) is 6.25. The topological polar surface area (TPSA) is 89.5 Å². The highest BCUT2D eigenvalue weighted by molar-refractivity contribution is 7.91. The first-order chi connectivity index (χ1) is 12.9. The van der Waals surface area contributed by atoms with Gasteiger partial charge >= 0.3 is 5.97 Å². The molecule has 0 aliphatic heterocycles. The minimum absolute atomic E-state index is 0.0921. The van der Waals surface area contributed by atoms with Gasteiger partial charge in [-0.05, 0) is 56.4 Å². The van der Waals surface area contributed by atoms with Gasteiger partial charge < -0.3 is 10.1 Å². The van der Waals surface area contributed by atoms with E-state index >= 15 is 0 Å². The van der Waals surface area contributed by atoms with Crippen molar-refractivity contribution in [3.05, 3.63) is 40.9 Å². The minimum Gasteiger partial charge on any atom is -0.456 e. The summed E-state index contributed by atoms with van der Waals surface area (Å²) in [6, 6.07) is 5.72. The zero-order valence-corrected chi connectivity index (χ0v) is 16.7. The quantitative estimate of drug-likeness (QED) is 0.496. The summed E-state index contributed by atoms with van der Waals surface area (Å²) in [6.45, 7) is 0.103. The van der Waals surface area contributed by atoms with E-state index in [0.29, 0.717) is 11.6 Å². The van der Waals surface area contributed by atoms with Crippen LogP contribution in [-0.2, 0) is 24.2 Å². The molecule has 1 aliphatic rings. The van der Waals surface area contributed by atoms with Gasteiger partial charge in [-0.15, -0.1) is 0 Å². The zero-order chi connectivity index (χ0) is 19.7. The van der Waals surface area contributed by atoms with Gasteiger partial charge in [-0.25, -0.2) is 8.42 Å². The van der Waals surface area contributed by atoms with Gasteiger partial charge in [0.25, 0.3) is 5.91 Å². The summed E-state index contributed by atoms with van der Waals surface area (Å²) in [6.07, 6.45) is 7.30. The molecule has 2 rings (SSSR count). The molecule has 0 aromatic heterocycles. The van der Waals surface area contributed by atoms with Crippen LogP contribution in [0.15, 0.2) is 40.8 Å². The standard InChI is InChI=1S/C19H24ClNO5S/c20-16-6-8-17(9-7-16)27(24,25)13-11-19(23)26-14-18(22)21-12-10-15-4-2-1-3-5-15/h4,6-9H,1-3,5,10-14H2,(H,21,22). The fraction of sp³-hybridized carbons (Fsp3) is 0.474. The molecule has 6 nitrogen and oxygen atoms in total. The number of hydrogen-bond acceptors (Lipinski definition) is 5. The highest BCUT2D eigenvalue weighted by Gasteiger charge is 2.17. The van der Waals surface area contributed by atoms with Crippen molar-refractivity contribution >= 4 is 33.3 Å². The van der Waals surface area contributed by atoms with E-state index in [2.05, 4.69) is 11.4 Å². The summed E-state index contributed by atoms with van der Waals surface area (Å²) in [5, 5.41) is 3.13. The molecular formula is C19H24ClNO5S. The van der Waals surface area contributed by atoms with E-state index in [-0.39, 0.29) is 23.0 Å². The van der Waals surface area contributed by atoms with Crippen LogP contribution in [0.25, 0.3) is 0 Å². The molecule has 0 spiro atoms. The fourth-order valence-corrected chi connectivity index (χ4v) is 4.09. The molecular weight excluding hydrogens is 390 g/mol. The Balaban J connectivity index is 1.65. The number of benzene rings is 1. The van der Waals surface area contributed by atoms with Crippen LogP contribution < -0.4 is 5.32 Å². The Bertz CT molecular complexity index is 787. The number of hydrogen-bond donors (Lipinski definition) is 1. The Morgan fingerprint density at radius 1 is 1.15 bits per heavy atom. The van der Waals surface area contributed by atoms with Gasteiger partial charge in [-0.1, -0.05) is 23.3 Å². The second kappa shape index (κ2) is 10.5. The number of amides is 1. The zero-order valence-electron chi connectivity index (χ0n) is 15.1. The van der Waals surface area contributed by atoms with Crippen molar-refractivity contribution in [3.8, 4) is 0 Å². The number of rotatable bonds is 9. The first-order valence-corrected chi connectivity index (χ1v) is 11.0. The molecule has 0 radical (unpaired) electrons. The fourth-order valence-electron chi connectivity index (χ4n) is 2.74. The first kappa shape index (κ1) is 21.4. The number of ether oxygens (including phenoxy) is 1. The Morgan fingerprint density at radius 3 is 2.56 bits per heavy atom. The van der Waals surface area contributed by atoms with Crippen molar-refractivity contribution in [1.82, 2.24) is 5.32 Å². The smallest absolute Gasteiger partial charge is 0.307 e. The molecule has 1 aliphatic carbocycles. The molecule has 27 heavy (non-hydrogen) atoms. The van der Waals surface area contributed by atoms with Crippen LogP contribution in [0.5, 0.6) is 0 Å². The van der Waals surface area contributed by atoms with Gasteiger partial charge in [0.15, 0.2) is 16.4 Å². The van der Waals surface area contributed by atoms with E-state index in [0.717, 1.165) is 19.3 Å². The predicted molar refractivity (Wildman–Crippen MR) is 103 cm³/mol. The molecule has 1 aromatic rings. The maximum Gasteiger partial charge on any atom is 0.307 e. The van der Waals surface area contributed by atoms with Crippen molar-refractivity contribution < 1.29 is 22.7 Å². The highest BCUT2D eigenvalue weighted by Crippen LogP contribution is 2.19. The molecule has 0 unspecified atom stereocenters. The van der Waals surface area contributed by atoms with Crippen molar-refractivity contribution in [1.29, 1.82) is 0 Å². The Hall–Kier alpha value is -1.86. The van der Waals surface area contributed by atoms with E-state index in [1.54, 1.807) is 0 Å². The molecule has 0 fully saturated rings. The van der Waals surface area contributed by atoms with Gasteiger partial charge in [0.2, 0.25) is 0 Å². The average Bonchev–Trinajstić information content (AvgIpc) is 2.66. The van der Waals surface area contributed by atoms with Crippen LogP contribution in [0.1, 0.15) is 38.5 Å². The van der Waals surface area contributed by atoms with Crippen LogP contribution in [0.3, 0.4) is 0 Å². The molecule has 8 heteroatoms.